The Bertz CT molecular complexity index is 519. The first kappa shape index (κ1) is 15.3. The highest BCUT2D eigenvalue weighted by Crippen LogP contribution is 2.20. The van der Waals surface area contributed by atoms with E-state index in [-0.39, 0.29) is 0 Å². The minimum absolute atomic E-state index is 0.646. The number of nitrogens with zero attached hydrogens (tertiary/aromatic N) is 2. The monoisotopic (exact) mass is 286 g/mol. The molecule has 2 N–H and O–H groups in total. The summed E-state index contributed by atoms with van der Waals surface area (Å²) in [7, 11) is 0. The van der Waals surface area contributed by atoms with Crippen molar-refractivity contribution < 1.29 is 4.74 Å². The first-order chi connectivity index (χ1) is 10.4. The molecule has 0 bridgehead atoms. The number of anilines is 1. The third-order valence-electron chi connectivity index (χ3n) is 2.95. The van der Waals surface area contributed by atoms with Gasteiger partial charge in [0.15, 0.2) is 11.6 Å². The molecule has 2 rings (SSSR count). The van der Waals surface area contributed by atoms with Gasteiger partial charge in [0.1, 0.15) is 0 Å². The van der Waals surface area contributed by atoms with E-state index in [9.17, 15) is 0 Å². The molecule has 0 saturated carbocycles. The molecule has 0 amide bonds. The Kier molecular flexibility index (Phi) is 6.48. The van der Waals surface area contributed by atoms with Crippen molar-refractivity contribution in [2.45, 2.75) is 19.9 Å². The molecular weight excluding hydrogens is 264 g/mol. The van der Waals surface area contributed by atoms with Gasteiger partial charge in [-0.05, 0) is 43.7 Å². The highest BCUT2D eigenvalue weighted by molar-refractivity contribution is 5.49. The lowest BCUT2D eigenvalue weighted by atomic mass is 10.3. The van der Waals surface area contributed by atoms with Gasteiger partial charge in [0.05, 0.1) is 6.61 Å². The van der Waals surface area contributed by atoms with Crippen LogP contribution < -0.4 is 15.4 Å². The van der Waals surface area contributed by atoms with Crippen LogP contribution in [0.25, 0.3) is 0 Å². The fourth-order valence-corrected chi connectivity index (χ4v) is 1.95. The Hall–Kier alpha value is -2.14. The third-order valence-corrected chi connectivity index (χ3v) is 2.95. The molecule has 0 aliphatic rings. The summed E-state index contributed by atoms with van der Waals surface area (Å²) < 4.78 is 5.53. The largest absolute Gasteiger partial charge is 0.490 e. The Morgan fingerprint density at radius 2 is 2.05 bits per heavy atom. The Morgan fingerprint density at radius 1 is 1.14 bits per heavy atom. The Morgan fingerprint density at radius 3 is 2.86 bits per heavy atom. The van der Waals surface area contributed by atoms with Gasteiger partial charge in [0, 0.05) is 31.7 Å². The molecule has 0 aromatic carbocycles. The fourth-order valence-electron chi connectivity index (χ4n) is 1.95. The first-order valence-electron chi connectivity index (χ1n) is 7.31. The van der Waals surface area contributed by atoms with Crippen LogP contribution >= 0.6 is 0 Å². The van der Waals surface area contributed by atoms with Crippen LogP contribution in [0.5, 0.6) is 5.75 Å². The molecule has 2 heterocycles. The summed E-state index contributed by atoms with van der Waals surface area (Å²) >= 11 is 0. The summed E-state index contributed by atoms with van der Waals surface area (Å²) in [5, 5.41) is 6.70. The van der Waals surface area contributed by atoms with Crippen LogP contribution in [-0.2, 0) is 6.54 Å². The fraction of sp³-hybridized carbons (Fsp3) is 0.375. The van der Waals surface area contributed by atoms with Crippen molar-refractivity contribution in [3.05, 3.63) is 48.4 Å². The number of aromatic nitrogens is 2. The Labute approximate surface area is 125 Å². The van der Waals surface area contributed by atoms with Crippen molar-refractivity contribution in [2.24, 2.45) is 0 Å². The van der Waals surface area contributed by atoms with Gasteiger partial charge >= 0.3 is 0 Å². The van der Waals surface area contributed by atoms with Gasteiger partial charge in [-0.15, -0.1) is 0 Å². The van der Waals surface area contributed by atoms with E-state index in [4.69, 9.17) is 4.74 Å². The summed E-state index contributed by atoms with van der Waals surface area (Å²) in [5.74, 6) is 1.62. The van der Waals surface area contributed by atoms with Gasteiger partial charge in [0.2, 0.25) is 0 Å². The van der Waals surface area contributed by atoms with Crippen LogP contribution in [0, 0.1) is 0 Å². The highest BCUT2D eigenvalue weighted by Gasteiger charge is 2.02. The van der Waals surface area contributed by atoms with Crippen molar-refractivity contribution in [1.29, 1.82) is 0 Å². The van der Waals surface area contributed by atoms with Crippen molar-refractivity contribution in [3.63, 3.8) is 0 Å². The third kappa shape index (κ3) is 5.39. The number of pyridine rings is 2. The van der Waals surface area contributed by atoms with Crippen LogP contribution in [0.3, 0.4) is 0 Å². The quantitative estimate of drug-likeness (QED) is 0.693. The maximum absolute atomic E-state index is 5.53. The van der Waals surface area contributed by atoms with Crippen molar-refractivity contribution in [1.82, 2.24) is 15.3 Å². The predicted molar refractivity (Wildman–Crippen MR) is 84.5 cm³/mol. The van der Waals surface area contributed by atoms with Gasteiger partial charge in [-0.25, -0.2) is 4.98 Å². The van der Waals surface area contributed by atoms with Crippen LogP contribution in [0.4, 0.5) is 5.82 Å². The van der Waals surface area contributed by atoms with Crippen LogP contribution in [-0.4, -0.2) is 29.7 Å². The topological polar surface area (TPSA) is 59.1 Å². The lowest BCUT2D eigenvalue weighted by molar-refractivity contribution is 0.340. The summed E-state index contributed by atoms with van der Waals surface area (Å²) in [6.07, 6.45) is 6.46. The second-order valence-corrected chi connectivity index (χ2v) is 4.60. The zero-order valence-corrected chi connectivity index (χ0v) is 12.4. The molecule has 5 nitrogen and oxygen atoms in total. The molecule has 0 radical (unpaired) electrons. The molecule has 2 aromatic heterocycles. The van der Waals surface area contributed by atoms with Crippen molar-refractivity contribution in [3.8, 4) is 5.75 Å². The molecule has 112 valence electrons. The standard InChI is InChI=1S/C16H22N4O/c1-2-21-15-7-4-10-19-16(15)20-11-5-9-18-13-14-6-3-8-17-12-14/h3-4,6-8,10,12,18H,2,5,9,11,13H2,1H3,(H,19,20). The number of nitrogens with one attached hydrogen (secondary N) is 2. The maximum Gasteiger partial charge on any atom is 0.168 e. The van der Waals surface area contributed by atoms with Crippen LogP contribution in [0.15, 0.2) is 42.9 Å². The van der Waals surface area contributed by atoms with Crippen molar-refractivity contribution >= 4 is 5.82 Å². The zero-order valence-electron chi connectivity index (χ0n) is 12.4. The number of hydrogen-bond donors (Lipinski definition) is 2. The average Bonchev–Trinajstić information content (AvgIpc) is 2.53. The summed E-state index contributed by atoms with van der Waals surface area (Å²) in [6.45, 7) is 5.27. The second-order valence-electron chi connectivity index (χ2n) is 4.60. The SMILES string of the molecule is CCOc1cccnc1NCCCNCc1cccnc1. The molecule has 0 unspecified atom stereocenters. The summed E-state index contributed by atoms with van der Waals surface area (Å²) in [6, 6.07) is 7.83. The first-order valence-corrected chi connectivity index (χ1v) is 7.31. The second kappa shape index (κ2) is 8.92. The van der Waals surface area contributed by atoms with E-state index in [1.165, 1.54) is 5.56 Å². The molecule has 5 heteroatoms. The molecule has 21 heavy (non-hydrogen) atoms. The maximum atomic E-state index is 5.53. The van der Waals surface area contributed by atoms with E-state index in [2.05, 4.69) is 26.7 Å². The molecule has 0 fully saturated rings. The molecule has 0 aliphatic heterocycles. The van der Waals surface area contributed by atoms with Gasteiger partial charge in [-0.3, -0.25) is 4.98 Å². The van der Waals surface area contributed by atoms with Crippen LogP contribution in [0.2, 0.25) is 0 Å². The smallest absolute Gasteiger partial charge is 0.168 e. The van der Waals surface area contributed by atoms with E-state index in [0.29, 0.717) is 6.61 Å². The van der Waals surface area contributed by atoms with E-state index < -0.39 is 0 Å². The van der Waals surface area contributed by atoms with E-state index >= 15 is 0 Å². The minimum Gasteiger partial charge on any atom is -0.490 e. The summed E-state index contributed by atoms with van der Waals surface area (Å²) in [5.41, 5.74) is 1.20. The highest BCUT2D eigenvalue weighted by atomic mass is 16.5. The van der Waals surface area contributed by atoms with Gasteiger partial charge < -0.3 is 15.4 Å². The zero-order chi connectivity index (χ0) is 14.8. The van der Waals surface area contributed by atoms with E-state index in [1.807, 2.05) is 31.3 Å². The van der Waals surface area contributed by atoms with Gasteiger partial charge in [0.25, 0.3) is 0 Å². The number of ether oxygens (including phenoxy) is 1. The normalized spacial score (nSPS) is 10.3. The average molecular weight is 286 g/mol. The van der Waals surface area contributed by atoms with E-state index in [0.717, 1.165) is 37.6 Å². The van der Waals surface area contributed by atoms with Crippen LogP contribution in [0.1, 0.15) is 18.9 Å². The minimum atomic E-state index is 0.646. The van der Waals surface area contributed by atoms with Gasteiger partial charge in [-0.2, -0.15) is 0 Å². The number of hydrogen-bond acceptors (Lipinski definition) is 5. The lowest BCUT2D eigenvalue weighted by Gasteiger charge is -2.11. The predicted octanol–water partition coefficient (Wildman–Crippen LogP) is 2.47. The molecule has 0 aliphatic carbocycles. The molecule has 2 aromatic rings. The molecule has 0 spiro atoms. The molecule has 0 atom stereocenters. The molecule has 0 saturated heterocycles. The number of rotatable bonds is 9. The summed E-state index contributed by atoms with van der Waals surface area (Å²) in [4.78, 5) is 8.39. The van der Waals surface area contributed by atoms with Crippen molar-refractivity contribution in [2.75, 3.05) is 25.0 Å². The molecular formula is C16H22N4O. The van der Waals surface area contributed by atoms with Gasteiger partial charge in [-0.1, -0.05) is 6.07 Å². The van der Waals surface area contributed by atoms with E-state index in [1.54, 1.807) is 12.4 Å². The Balaban J connectivity index is 1.64. The lowest BCUT2D eigenvalue weighted by Crippen LogP contribution is -2.18.